The van der Waals surface area contributed by atoms with Gasteiger partial charge in [0.2, 0.25) is 5.91 Å². The Morgan fingerprint density at radius 2 is 2.12 bits per heavy atom. The number of carbonyl (C=O) groups is 1. The maximum atomic E-state index is 12.2. The van der Waals surface area contributed by atoms with E-state index in [-0.39, 0.29) is 12.0 Å². The molecule has 0 aliphatic carbocycles. The fourth-order valence-electron chi connectivity index (χ4n) is 3.30. The number of carbonyl (C=O) groups excluding carboxylic acids is 1. The van der Waals surface area contributed by atoms with Crippen LogP contribution in [0.1, 0.15) is 36.8 Å². The molecule has 1 atom stereocenters. The van der Waals surface area contributed by atoms with E-state index in [1.165, 1.54) is 5.56 Å². The van der Waals surface area contributed by atoms with Gasteiger partial charge in [-0.3, -0.25) is 9.69 Å². The lowest BCUT2D eigenvalue weighted by molar-refractivity contribution is -0.116. The molecule has 132 valence electrons. The van der Waals surface area contributed by atoms with Crippen molar-refractivity contribution in [3.63, 3.8) is 0 Å². The summed E-state index contributed by atoms with van der Waals surface area (Å²) < 4.78 is 11.0. The Kier molecular flexibility index (Phi) is 6.24. The number of nitrogens with one attached hydrogen (secondary N) is 1. The first-order valence-corrected chi connectivity index (χ1v) is 9.02. The van der Waals surface area contributed by atoms with E-state index in [0.29, 0.717) is 6.42 Å². The summed E-state index contributed by atoms with van der Waals surface area (Å²) in [5.41, 5.74) is 3.27. The Labute approximate surface area is 144 Å². The monoisotopic (exact) mass is 332 g/mol. The van der Waals surface area contributed by atoms with Crippen molar-refractivity contribution < 1.29 is 14.3 Å². The van der Waals surface area contributed by atoms with Crippen LogP contribution in [0.2, 0.25) is 0 Å². The van der Waals surface area contributed by atoms with Crippen molar-refractivity contribution in [1.82, 2.24) is 4.90 Å². The van der Waals surface area contributed by atoms with Gasteiger partial charge in [0.05, 0.1) is 19.3 Å². The zero-order valence-corrected chi connectivity index (χ0v) is 14.6. The van der Waals surface area contributed by atoms with Crippen molar-refractivity contribution in [3.05, 3.63) is 29.3 Å². The highest BCUT2D eigenvalue weighted by molar-refractivity contribution is 5.91. The third-order valence-corrected chi connectivity index (χ3v) is 4.80. The number of anilines is 1. The number of morpholine rings is 1. The van der Waals surface area contributed by atoms with E-state index in [1.54, 1.807) is 0 Å². The molecule has 5 heteroatoms. The van der Waals surface area contributed by atoms with Gasteiger partial charge in [0.25, 0.3) is 0 Å². The molecule has 0 saturated carbocycles. The van der Waals surface area contributed by atoms with Crippen molar-refractivity contribution in [1.29, 1.82) is 0 Å². The maximum Gasteiger partial charge on any atom is 0.224 e. The fraction of sp³-hybridized carbons (Fsp3) is 0.632. The average molecular weight is 332 g/mol. The van der Waals surface area contributed by atoms with E-state index in [0.717, 1.165) is 70.0 Å². The molecule has 0 radical (unpaired) electrons. The van der Waals surface area contributed by atoms with Crippen molar-refractivity contribution >= 4 is 11.6 Å². The predicted molar refractivity (Wildman–Crippen MR) is 94.1 cm³/mol. The number of hydrogen-bond acceptors (Lipinski definition) is 4. The van der Waals surface area contributed by atoms with Gasteiger partial charge in [0.15, 0.2) is 0 Å². The van der Waals surface area contributed by atoms with E-state index < -0.39 is 0 Å². The van der Waals surface area contributed by atoms with Crippen molar-refractivity contribution in [2.45, 2.75) is 45.3 Å². The number of hydrogen-bond donors (Lipinski definition) is 1. The summed E-state index contributed by atoms with van der Waals surface area (Å²) in [4.78, 5) is 14.6. The van der Waals surface area contributed by atoms with Crippen LogP contribution in [-0.2, 0) is 20.8 Å². The van der Waals surface area contributed by atoms with Gasteiger partial charge in [-0.15, -0.1) is 0 Å². The Morgan fingerprint density at radius 3 is 2.88 bits per heavy atom. The molecule has 1 unspecified atom stereocenters. The van der Waals surface area contributed by atoms with Gasteiger partial charge in [-0.2, -0.15) is 0 Å². The Balaban J connectivity index is 1.53. The van der Waals surface area contributed by atoms with Crippen LogP contribution in [-0.4, -0.2) is 49.8 Å². The van der Waals surface area contributed by atoms with Gasteiger partial charge in [0, 0.05) is 38.3 Å². The van der Waals surface area contributed by atoms with E-state index in [4.69, 9.17) is 9.47 Å². The SMILES string of the molecule is Cc1ccc(CN2CCOCC2)cc1NC(=O)CCC1CCCO1. The lowest BCUT2D eigenvalue weighted by Gasteiger charge is -2.26. The first-order chi connectivity index (χ1) is 11.7. The molecule has 2 aliphatic heterocycles. The summed E-state index contributed by atoms with van der Waals surface area (Å²) in [6, 6.07) is 6.34. The lowest BCUT2D eigenvalue weighted by Crippen LogP contribution is -2.35. The smallest absolute Gasteiger partial charge is 0.224 e. The molecule has 3 rings (SSSR count). The molecule has 2 heterocycles. The van der Waals surface area contributed by atoms with E-state index in [2.05, 4.69) is 28.4 Å². The Morgan fingerprint density at radius 1 is 1.29 bits per heavy atom. The highest BCUT2D eigenvalue weighted by Gasteiger charge is 2.17. The fourth-order valence-corrected chi connectivity index (χ4v) is 3.30. The lowest BCUT2D eigenvalue weighted by atomic mass is 10.1. The number of rotatable bonds is 6. The summed E-state index contributed by atoms with van der Waals surface area (Å²) in [5, 5.41) is 3.07. The van der Waals surface area contributed by atoms with Gasteiger partial charge >= 0.3 is 0 Å². The molecular formula is C19H28N2O3. The predicted octanol–water partition coefficient (Wildman–Crippen LogP) is 2.72. The van der Waals surface area contributed by atoms with Crippen LogP contribution in [0.4, 0.5) is 5.69 Å². The summed E-state index contributed by atoms with van der Waals surface area (Å²) >= 11 is 0. The van der Waals surface area contributed by atoms with Crippen LogP contribution in [0.15, 0.2) is 18.2 Å². The van der Waals surface area contributed by atoms with Gasteiger partial charge in [-0.05, 0) is 43.4 Å². The number of ether oxygens (including phenoxy) is 2. The molecule has 1 amide bonds. The van der Waals surface area contributed by atoms with Crippen LogP contribution in [0.5, 0.6) is 0 Å². The minimum Gasteiger partial charge on any atom is -0.379 e. The molecule has 5 nitrogen and oxygen atoms in total. The van der Waals surface area contributed by atoms with Gasteiger partial charge in [-0.1, -0.05) is 12.1 Å². The minimum atomic E-state index is 0.0807. The average Bonchev–Trinajstić information content (AvgIpc) is 3.11. The standard InChI is InChI=1S/C19H28N2O3/c1-15-4-5-16(14-21-8-11-23-12-9-21)13-18(15)20-19(22)7-6-17-3-2-10-24-17/h4-5,13,17H,2-3,6-12,14H2,1H3,(H,20,22). The highest BCUT2D eigenvalue weighted by Crippen LogP contribution is 2.20. The molecule has 24 heavy (non-hydrogen) atoms. The van der Waals surface area contributed by atoms with E-state index in [1.807, 2.05) is 6.92 Å². The highest BCUT2D eigenvalue weighted by atomic mass is 16.5. The molecule has 1 aromatic carbocycles. The summed E-state index contributed by atoms with van der Waals surface area (Å²) in [6.45, 7) is 7.33. The molecule has 1 N–H and O–H groups in total. The maximum absolute atomic E-state index is 12.2. The summed E-state index contributed by atoms with van der Waals surface area (Å²) in [7, 11) is 0. The molecule has 0 aromatic heterocycles. The number of aryl methyl sites for hydroxylation is 1. The Bertz CT molecular complexity index is 550. The first-order valence-electron chi connectivity index (χ1n) is 9.02. The van der Waals surface area contributed by atoms with Gasteiger partial charge < -0.3 is 14.8 Å². The molecule has 2 fully saturated rings. The van der Waals surface area contributed by atoms with Crippen LogP contribution < -0.4 is 5.32 Å². The Hall–Kier alpha value is -1.43. The largest absolute Gasteiger partial charge is 0.379 e. The molecule has 2 aliphatic rings. The topological polar surface area (TPSA) is 50.8 Å². The zero-order valence-electron chi connectivity index (χ0n) is 14.6. The molecule has 0 spiro atoms. The van der Waals surface area contributed by atoms with E-state index in [9.17, 15) is 4.79 Å². The van der Waals surface area contributed by atoms with Crippen molar-refractivity contribution in [2.75, 3.05) is 38.2 Å². The van der Waals surface area contributed by atoms with Crippen LogP contribution in [0, 0.1) is 6.92 Å². The number of benzene rings is 1. The quantitative estimate of drug-likeness (QED) is 0.870. The second-order valence-corrected chi connectivity index (χ2v) is 6.76. The minimum absolute atomic E-state index is 0.0807. The normalized spacial score (nSPS) is 21.8. The zero-order chi connectivity index (χ0) is 16.8. The second kappa shape index (κ2) is 8.60. The van der Waals surface area contributed by atoms with Crippen LogP contribution >= 0.6 is 0 Å². The van der Waals surface area contributed by atoms with Gasteiger partial charge in [0.1, 0.15) is 0 Å². The van der Waals surface area contributed by atoms with Crippen molar-refractivity contribution in [2.24, 2.45) is 0 Å². The molecule has 2 saturated heterocycles. The first kappa shape index (κ1) is 17.4. The van der Waals surface area contributed by atoms with Crippen molar-refractivity contribution in [3.8, 4) is 0 Å². The van der Waals surface area contributed by atoms with Crippen LogP contribution in [0.3, 0.4) is 0 Å². The third-order valence-electron chi connectivity index (χ3n) is 4.80. The number of nitrogens with zero attached hydrogens (tertiary/aromatic N) is 1. The third kappa shape index (κ3) is 5.03. The molecule has 0 bridgehead atoms. The summed E-state index contributed by atoms with van der Waals surface area (Å²) in [6.07, 6.45) is 3.82. The molecule has 1 aromatic rings. The summed E-state index contributed by atoms with van der Waals surface area (Å²) in [5.74, 6) is 0.0807. The number of amides is 1. The van der Waals surface area contributed by atoms with Gasteiger partial charge in [-0.25, -0.2) is 0 Å². The van der Waals surface area contributed by atoms with Crippen LogP contribution in [0.25, 0.3) is 0 Å². The van der Waals surface area contributed by atoms with E-state index >= 15 is 0 Å². The molecular weight excluding hydrogens is 304 g/mol. The second-order valence-electron chi connectivity index (χ2n) is 6.76.